The van der Waals surface area contributed by atoms with Gasteiger partial charge in [0.15, 0.2) is 5.65 Å². The third-order valence-electron chi connectivity index (χ3n) is 5.40. The first-order valence-corrected chi connectivity index (χ1v) is 10.4. The van der Waals surface area contributed by atoms with Gasteiger partial charge in [-0.3, -0.25) is 9.69 Å². The smallest absolute Gasteiger partial charge is 0.257 e. The number of carbonyl (C=O) groups is 1. The third-order valence-corrected chi connectivity index (χ3v) is 5.40. The lowest BCUT2D eigenvalue weighted by Crippen LogP contribution is -2.44. The summed E-state index contributed by atoms with van der Waals surface area (Å²) in [5.41, 5.74) is 5.24. The zero-order chi connectivity index (χ0) is 21.3. The molecule has 2 aromatic heterocycles. The maximum Gasteiger partial charge on any atom is 0.257 e. The van der Waals surface area contributed by atoms with Crippen molar-refractivity contribution in [3.63, 3.8) is 0 Å². The van der Waals surface area contributed by atoms with Crippen molar-refractivity contribution < 1.29 is 9.53 Å². The van der Waals surface area contributed by atoms with Crippen LogP contribution in [0.2, 0.25) is 0 Å². The van der Waals surface area contributed by atoms with Gasteiger partial charge in [0.2, 0.25) is 0 Å². The fraction of sp³-hybridized carbons (Fsp3) is 0.435. The molecule has 1 aromatic carbocycles. The Morgan fingerprint density at radius 3 is 2.50 bits per heavy atom. The second-order valence-electron chi connectivity index (χ2n) is 8.28. The van der Waals surface area contributed by atoms with Gasteiger partial charge in [-0.2, -0.15) is 5.10 Å². The third kappa shape index (κ3) is 4.52. The zero-order valence-corrected chi connectivity index (χ0v) is 18.1. The minimum absolute atomic E-state index is 0.164. The summed E-state index contributed by atoms with van der Waals surface area (Å²) in [5, 5.41) is 7.28. The average molecular weight is 408 g/mol. The van der Waals surface area contributed by atoms with Crippen LogP contribution in [0.5, 0.6) is 0 Å². The molecule has 7 nitrogen and oxygen atoms in total. The van der Waals surface area contributed by atoms with E-state index in [9.17, 15) is 4.79 Å². The highest BCUT2D eigenvalue weighted by Crippen LogP contribution is 2.15. The Labute approximate surface area is 177 Å². The van der Waals surface area contributed by atoms with Gasteiger partial charge in [-0.1, -0.05) is 24.3 Å². The Morgan fingerprint density at radius 1 is 1.13 bits per heavy atom. The molecule has 0 aliphatic carbocycles. The molecule has 3 aromatic rings. The van der Waals surface area contributed by atoms with E-state index in [0.717, 1.165) is 36.6 Å². The van der Waals surface area contributed by atoms with Gasteiger partial charge in [-0.15, -0.1) is 0 Å². The van der Waals surface area contributed by atoms with Gasteiger partial charge in [0.1, 0.15) is 5.56 Å². The molecule has 158 valence electrons. The number of hydrogen-bond acceptors (Lipinski definition) is 5. The topological polar surface area (TPSA) is 71.8 Å². The van der Waals surface area contributed by atoms with Crippen LogP contribution in [0, 0.1) is 13.8 Å². The molecule has 2 atom stereocenters. The summed E-state index contributed by atoms with van der Waals surface area (Å²) < 4.78 is 7.50. The van der Waals surface area contributed by atoms with E-state index >= 15 is 0 Å². The number of nitrogens with one attached hydrogen (secondary N) is 1. The van der Waals surface area contributed by atoms with Gasteiger partial charge < -0.3 is 10.1 Å². The molecule has 1 N–H and O–H groups in total. The number of fused-ring (bicyclic) bond motifs is 1. The van der Waals surface area contributed by atoms with Crippen LogP contribution in [-0.4, -0.2) is 50.7 Å². The molecule has 30 heavy (non-hydrogen) atoms. The number of aromatic nitrogens is 3. The Kier molecular flexibility index (Phi) is 5.83. The van der Waals surface area contributed by atoms with Crippen LogP contribution in [0.4, 0.5) is 0 Å². The SMILES string of the molecule is Cc1cc(C)n2ncc(C(=O)NCc3ccc(CN4CC(C)OC(C)C4)cc3)c2n1. The number of hydrogen-bond donors (Lipinski definition) is 1. The fourth-order valence-corrected chi connectivity index (χ4v) is 4.14. The molecule has 3 heterocycles. The summed E-state index contributed by atoms with van der Waals surface area (Å²) >= 11 is 0. The lowest BCUT2D eigenvalue weighted by atomic mass is 10.1. The molecule has 2 unspecified atom stereocenters. The van der Waals surface area contributed by atoms with E-state index < -0.39 is 0 Å². The fourth-order valence-electron chi connectivity index (χ4n) is 4.14. The lowest BCUT2D eigenvalue weighted by Gasteiger charge is -2.35. The number of benzene rings is 1. The molecule has 0 saturated carbocycles. The van der Waals surface area contributed by atoms with Crippen molar-refractivity contribution in [3.8, 4) is 0 Å². The molecule has 0 bridgehead atoms. The average Bonchev–Trinajstić information content (AvgIpc) is 3.10. The second kappa shape index (κ2) is 8.53. The molecule has 4 rings (SSSR count). The van der Waals surface area contributed by atoms with Crippen LogP contribution in [-0.2, 0) is 17.8 Å². The molecule has 0 radical (unpaired) electrons. The van der Waals surface area contributed by atoms with E-state index in [0.29, 0.717) is 17.8 Å². The predicted octanol–water partition coefficient (Wildman–Crippen LogP) is 2.89. The number of nitrogens with zero attached hydrogens (tertiary/aromatic N) is 4. The van der Waals surface area contributed by atoms with E-state index in [1.165, 1.54) is 5.56 Å². The molecule has 1 amide bonds. The van der Waals surface area contributed by atoms with Crippen LogP contribution in [0.1, 0.15) is 46.7 Å². The van der Waals surface area contributed by atoms with Crippen molar-refractivity contribution in [2.75, 3.05) is 13.1 Å². The van der Waals surface area contributed by atoms with Gasteiger partial charge in [0.25, 0.3) is 5.91 Å². The molecule has 1 fully saturated rings. The largest absolute Gasteiger partial charge is 0.373 e. The number of amides is 1. The van der Waals surface area contributed by atoms with Crippen molar-refractivity contribution >= 4 is 11.6 Å². The second-order valence-corrected chi connectivity index (χ2v) is 8.28. The summed E-state index contributed by atoms with van der Waals surface area (Å²) in [6.07, 6.45) is 2.12. The minimum atomic E-state index is -0.164. The Balaban J connectivity index is 1.37. The number of aryl methyl sites for hydroxylation is 2. The monoisotopic (exact) mass is 407 g/mol. The first kappa shape index (κ1) is 20.5. The summed E-state index contributed by atoms with van der Waals surface area (Å²) in [7, 11) is 0. The first-order valence-electron chi connectivity index (χ1n) is 10.4. The molecule has 1 saturated heterocycles. The molecule has 0 spiro atoms. The van der Waals surface area contributed by atoms with Crippen LogP contribution < -0.4 is 5.32 Å². The minimum Gasteiger partial charge on any atom is -0.373 e. The van der Waals surface area contributed by atoms with Crippen molar-refractivity contribution in [1.82, 2.24) is 24.8 Å². The molecule has 1 aliphatic rings. The molecule has 7 heteroatoms. The van der Waals surface area contributed by atoms with E-state index in [4.69, 9.17) is 4.74 Å². The quantitative estimate of drug-likeness (QED) is 0.704. The van der Waals surface area contributed by atoms with Gasteiger partial charge in [-0.25, -0.2) is 9.50 Å². The zero-order valence-electron chi connectivity index (χ0n) is 18.1. The van der Waals surface area contributed by atoms with Gasteiger partial charge >= 0.3 is 0 Å². The molecular weight excluding hydrogens is 378 g/mol. The lowest BCUT2D eigenvalue weighted by molar-refractivity contribution is -0.0704. The van der Waals surface area contributed by atoms with Crippen molar-refractivity contribution in [2.24, 2.45) is 0 Å². The summed E-state index contributed by atoms with van der Waals surface area (Å²) in [4.78, 5) is 19.6. The van der Waals surface area contributed by atoms with Crippen LogP contribution in [0.25, 0.3) is 5.65 Å². The van der Waals surface area contributed by atoms with Crippen LogP contribution in [0.3, 0.4) is 0 Å². The standard InChI is InChI=1S/C23H29N5O2/c1-15-9-16(2)28-22(26-15)21(11-25-28)23(29)24-10-19-5-7-20(8-6-19)14-27-12-17(3)30-18(4)13-27/h5-9,11,17-18H,10,12-14H2,1-4H3,(H,24,29). The van der Waals surface area contributed by atoms with E-state index in [2.05, 4.69) is 58.4 Å². The van der Waals surface area contributed by atoms with Crippen molar-refractivity contribution in [2.45, 2.75) is 53.0 Å². The predicted molar refractivity (Wildman–Crippen MR) is 115 cm³/mol. The number of rotatable bonds is 5. The van der Waals surface area contributed by atoms with Gasteiger partial charge in [-0.05, 0) is 44.9 Å². The maximum absolute atomic E-state index is 12.7. The highest BCUT2D eigenvalue weighted by Gasteiger charge is 2.22. The Morgan fingerprint density at radius 2 is 1.80 bits per heavy atom. The summed E-state index contributed by atoms with van der Waals surface area (Å²) in [6.45, 7) is 11.4. The summed E-state index contributed by atoms with van der Waals surface area (Å²) in [6, 6.07) is 10.4. The maximum atomic E-state index is 12.7. The van der Waals surface area contributed by atoms with Gasteiger partial charge in [0, 0.05) is 37.6 Å². The van der Waals surface area contributed by atoms with E-state index in [1.54, 1.807) is 10.7 Å². The van der Waals surface area contributed by atoms with Crippen LogP contribution in [0.15, 0.2) is 36.5 Å². The Hall–Kier alpha value is -2.77. The molecule has 1 aliphatic heterocycles. The first-order chi connectivity index (χ1) is 14.4. The van der Waals surface area contributed by atoms with Crippen molar-refractivity contribution in [3.05, 3.63) is 64.6 Å². The highest BCUT2D eigenvalue weighted by molar-refractivity contribution is 5.99. The van der Waals surface area contributed by atoms with Gasteiger partial charge in [0.05, 0.1) is 18.4 Å². The van der Waals surface area contributed by atoms with E-state index in [-0.39, 0.29) is 18.1 Å². The number of ether oxygens (including phenoxy) is 1. The normalized spacial score (nSPS) is 19.9. The number of morpholine rings is 1. The van der Waals surface area contributed by atoms with Crippen LogP contribution >= 0.6 is 0 Å². The number of carbonyl (C=O) groups excluding carboxylic acids is 1. The van der Waals surface area contributed by atoms with Crippen molar-refractivity contribution in [1.29, 1.82) is 0 Å². The van der Waals surface area contributed by atoms with E-state index in [1.807, 2.05) is 19.9 Å². The molecular formula is C23H29N5O2. The Bertz CT molecular complexity index is 1030. The highest BCUT2D eigenvalue weighted by atomic mass is 16.5. The summed E-state index contributed by atoms with van der Waals surface area (Å²) in [5.74, 6) is -0.164.